The molecule has 0 unspecified atom stereocenters. The van der Waals surface area contributed by atoms with E-state index in [-0.39, 0.29) is 0 Å². The highest BCUT2D eigenvalue weighted by Crippen LogP contribution is 2.23. The molecule has 2 heterocycles. The van der Waals surface area contributed by atoms with Crippen LogP contribution in [0.5, 0.6) is 0 Å². The van der Waals surface area contributed by atoms with Gasteiger partial charge >= 0.3 is 0 Å². The number of aromatic nitrogens is 1. The monoisotopic (exact) mass is 169 g/mol. The van der Waals surface area contributed by atoms with Gasteiger partial charge in [0.15, 0.2) is 0 Å². The standard InChI is InChI=1S/C11H7NO/c1-2-8-3-4-10-9(5-7-13-10)11(8)12-6-1/h1-7H. The van der Waals surface area contributed by atoms with E-state index in [4.69, 9.17) is 4.42 Å². The Balaban J connectivity index is 2.65. The SMILES string of the molecule is c1cnc2c(c1)ccc1occc12. The van der Waals surface area contributed by atoms with Crippen molar-refractivity contribution in [1.29, 1.82) is 0 Å². The van der Waals surface area contributed by atoms with E-state index in [1.54, 1.807) is 12.5 Å². The van der Waals surface area contributed by atoms with Crippen molar-refractivity contribution in [3.05, 3.63) is 42.8 Å². The number of hydrogen-bond acceptors (Lipinski definition) is 2. The first-order chi connectivity index (χ1) is 6.45. The second-order valence-corrected chi connectivity index (χ2v) is 2.97. The summed E-state index contributed by atoms with van der Waals surface area (Å²) in [6, 6.07) is 9.93. The van der Waals surface area contributed by atoms with E-state index in [0.29, 0.717) is 0 Å². The smallest absolute Gasteiger partial charge is 0.136 e. The zero-order chi connectivity index (χ0) is 8.67. The van der Waals surface area contributed by atoms with Crippen molar-refractivity contribution < 1.29 is 4.42 Å². The number of fused-ring (bicyclic) bond motifs is 3. The van der Waals surface area contributed by atoms with Gasteiger partial charge in [0.05, 0.1) is 11.8 Å². The molecule has 2 aromatic heterocycles. The normalized spacial score (nSPS) is 11.1. The Morgan fingerprint density at radius 2 is 2.08 bits per heavy atom. The van der Waals surface area contributed by atoms with E-state index in [1.165, 1.54) is 0 Å². The molecule has 0 saturated heterocycles. The summed E-state index contributed by atoms with van der Waals surface area (Å²) in [5.41, 5.74) is 1.90. The molecule has 62 valence electrons. The summed E-state index contributed by atoms with van der Waals surface area (Å²) in [5, 5.41) is 2.23. The Morgan fingerprint density at radius 1 is 1.08 bits per heavy atom. The molecule has 0 aliphatic heterocycles. The lowest BCUT2D eigenvalue weighted by atomic mass is 10.1. The van der Waals surface area contributed by atoms with E-state index in [1.807, 2.05) is 24.3 Å². The Bertz CT molecular complexity index is 568. The maximum absolute atomic E-state index is 5.29. The van der Waals surface area contributed by atoms with Crippen molar-refractivity contribution in [2.45, 2.75) is 0 Å². The molecule has 1 aromatic carbocycles. The van der Waals surface area contributed by atoms with Crippen LogP contribution in [0.25, 0.3) is 21.9 Å². The first kappa shape index (κ1) is 6.66. The molecule has 0 spiro atoms. The van der Waals surface area contributed by atoms with Gasteiger partial charge in [-0.05, 0) is 24.3 Å². The highest BCUT2D eigenvalue weighted by molar-refractivity contribution is 6.02. The summed E-state index contributed by atoms with van der Waals surface area (Å²) in [4.78, 5) is 4.32. The van der Waals surface area contributed by atoms with Crippen molar-refractivity contribution in [1.82, 2.24) is 4.98 Å². The van der Waals surface area contributed by atoms with Crippen molar-refractivity contribution >= 4 is 21.9 Å². The lowest BCUT2D eigenvalue weighted by Crippen LogP contribution is -1.76. The highest BCUT2D eigenvalue weighted by atomic mass is 16.3. The van der Waals surface area contributed by atoms with Gasteiger partial charge in [-0.25, -0.2) is 0 Å². The van der Waals surface area contributed by atoms with Crippen LogP contribution in [0.2, 0.25) is 0 Å². The lowest BCUT2D eigenvalue weighted by molar-refractivity contribution is 0.616. The van der Waals surface area contributed by atoms with Gasteiger partial charge in [0, 0.05) is 17.0 Å². The molecule has 0 aliphatic rings. The Hall–Kier alpha value is -1.83. The third kappa shape index (κ3) is 0.855. The zero-order valence-corrected chi connectivity index (χ0v) is 6.90. The molecular formula is C11H7NO. The summed E-state index contributed by atoms with van der Waals surface area (Å²) in [5.74, 6) is 0. The van der Waals surface area contributed by atoms with Gasteiger partial charge < -0.3 is 4.42 Å². The number of hydrogen-bond donors (Lipinski definition) is 0. The number of furan rings is 1. The van der Waals surface area contributed by atoms with Gasteiger partial charge in [0.25, 0.3) is 0 Å². The topological polar surface area (TPSA) is 26.0 Å². The van der Waals surface area contributed by atoms with Gasteiger partial charge in [-0.3, -0.25) is 4.98 Å². The minimum absolute atomic E-state index is 0.895. The molecule has 0 amide bonds. The first-order valence-corrected chi connectivity index (χ1v) is 4.16. The molecule has 0 bridgehead atoms. The minimum atomic E-state index is 0.895. The summed E-state index contributed by atoms with van der Waals surface area (Å²) in [6.45, 7) is 0. The van der Waals surface area contributed by atoms with Crippen molar-refractivity contribution in [2.24, 2.45) is 0 Å². The molecule has 0 aliphatic carbocycles. The average Bonchev–Trinajstić information content (AvgIpc) is 2.65. The molecule has 2 nitrogen and oxygen atoms in total. The van der Waals surface area contributed by atoms with E-state index in [2.05, 4.69) is 11.1 Å². The number of pyridine rings is 1. The van der Waals surface area contributed by atoms with E-state index < -0.39 is 0 Å². The van der Waals surface area contributed by atoms with Crippen molar-refractivity contribution in [3.63, 3.8) is 0 Å². The van der Waals surface area contributed by atoms with Crippen LogP contribution < -0.4 is 0 Å². The average molecular weight is 169 g/mol. The third-order valence-electron chi connectivity index (χ3n) is 2.20. The summed E-state index contributed by atoms with van der Waals surface area (Å²) in [7, 11) is 0. The predicted octanol–water partition coefficient (Wildman–Crippen LogP) is 2.98. The maximum Gasteiger partial charge on any atom is 0.136 e. The Labute approximate surface area is 74.8 Å². The Morgan fingerprint density at radius 3 is 3.08 bits per heavy atom. The number of nitrogens with zero attached hydrogens (tertiary/aromatic N) is 1. The minimum Gasteiger partial charge on any atom is -0.464 e. The highest BCUT2D eigenvalue weighted by Gasteiger charge is 2.01. The van der Waals surface area contributed by atoms with Gasteiger partial charge in [0.1, 0.15) is 5.58 Å². The van der Waals surface area contributed by atoms with Gasteiger partial charge in [0.2, 0.25) is 0 Å². The van der Waals surface area contributed by atoms with Crippen LogP contribution in [0.15, 0.2) is 47.2 Å². The number of rotatable bonds is 0. The molecule has 0 N–H and O–H groups in total. The molecule has 0 saturated carbocycles. The van der Waals surface area contributed by atoms with E-state index >= 15 is 0 Å². The molecule has 3 rings (SSSR count). The van der Waals surface area contributed by atoms with Crippen LogP contribution >= 0.6 is 0 Å². The fourth-order valence-corrected chi connectivity index (χ4v) is 1.59. The van der Waals surface area contributed by atoms with Gasteiger partial charge in [-0.15, -0.1) is 0 Å². The van der Waals surface area contributed by atoms with Crippen LogP contribution in [0.1, 0.15) is 0 Å². The van der Waals surface area contributed by atoms with Crippen LogP contribution in [0.4, 0.5) is 0 Å². The van der Waals surface area contributed by atoms with Gasteiger partial charge in [-0.2, -0.15) is 0 Å². The second kappa shape index (κ2) is 2.33. The first-order valence-electron chi connectivity index (χ1n) is 4.16. The number of benzene rings is 1. The molecule has 2 heteroatoms. The maximum atomic E-state index is 5.29. The summed E-state index contributed by atoms with van der Waals surface area (Å²) in [6.07, 6.45) is 3.49. The van der Waals surface area contributed by atoms with Crippen molar-refractivity contribution in [2.75, 3.05) is 0 Å². The van der Waals surface area contributed by atoms with E-state index in [0.717, 1.165) is 21.9 Å². The fourth-order valence-electron chi connectivity index (χ4n) is 1.59. The summed E-state index contributed by atoms with van der Waals surface area (Å²) < 4.78 is 5.29. The third-order valence-corrected chi connectivity index (χ3v) is 2.20. The molecule has 0 radical (unpaired) electrons. The zero-order valence-electron chi connectivity index (χ0n) is 6.90. The fraction of sp³-hybridized carbons (Fsp3) is 0. The quantitative estimate of drug-likeness (QED) is 0.517. The van der Waals surface area contributed by atoms with Crippen LogP contribution in [-0.4, -0.2) is 4.98 Å². The predicted molar refractivity (Wildman–Crippen MR) is 51.5 cm³/mol. The summed E-state index contributed by atoms with van der Waals surface area (Å²) >= 11 is 0. The largest absolute Gasteiger partial charge is 0.464 e. The molecule has 13 heavy (non-hydrogen) atoms. The second-order valence-electron chi connectivity index (χ2n) is 2.97. The van der Waals surface area contributed by atoms with Crippen LogP contribution in [-0.2, 0) is 0 Å². The molecular weight excluding hydrogens is 162 g/mol. The lowest BCUT2D eigenvalue weighted by Gasteiger charge is -1.95. The van der Waals surface area contributed by atoms with Gasteiger partial charge in [-0.1, -0.05) is 6.07 Å². The molecule has 0 atom stereocenters. The van der Waals surface area contributed by atoms with Crippen molar-refractivity contribution in [3.8, 4) is 0 Å². The Kier molecular flexibility index (Phi) is 1.19. The molecule has 0 fully saturated rings. The van der Waals surface area contributed by atoms with Crippen LogP contribution in [0, 0.1) is 0 Å². The van der Waals surface area contributed by atoms with E-state index in [9.17, 15) is 0 Å². The van der Waals surface area contributed by atoms with Crippen LogP contribution in [0.3, 0.4) is 0 Å². The molecule has 3 aromatic rings.